The first-order chi connectivity index (χ1) is 25.4. The lowest BCUT2D eigenvalue weighted by Gasteiger charge is -2.09. The Labute approximate surface area is 308 Å². The fraction of sp³-hybridized carbons (Fsp3) is 0.211. The van der Waals surface area contributed by atoms with Crippen LogP contribution in [0.1, 0.15) is 24.2 Å². The first kappa shape index (κ1) is 34.6. The summed E-state index contributed by atoms with van der Waals surface area (Å²) in [6.45, 7) is 2.00. The van der Waals surface area contributed by atoms with Crippen molar-refractivity contribution in [2.75, 3.05) is 38.1 Å². The lowest BCUT2D eigenvalue weighted by atomic mass is 10.1. The zero-order valence-electron chi connectivity index (χ0n) is 28.5. The Kier molecular flexibility index (Phi) is 10.4. The third kappa shape index (κ3) is 7.16. The molecule has 4 aromatic heterocycles. The summed E-state index contributed by atoms with van der Waals surface area (Å²) in [6.07, 6.45) is 8.13. The number of benzene rings is 2. The highest BCUT2D eigenvalue weighted by molar-refractivity contribution is 9.10. The zero-order chi connectivity index (χ0) is 36.0. The lowest BCUT2D eigenvalue weighted by Crippen LogP contribution is -2.06. The van der Waals surface area contributed by atoms with Crippen LogP contribution in [0.25, 0.3) is 34.2 Å². The molecule has 0 atom stereocenters. The molecule has 14 heteroatoms. The number of esters is 2. The summed E-state index contributed by atoms with van der Waals surface area (Å²) in [7, 11) is 2.75. The van der Waals surface area contributed by atoms with E-state index in [4.69, 9.17) is 14.2 Å². The first-order valence-electron chi connectivity index (χ1n) is 16.7. The van der Waals surface area contributed by atoms with Crippen molar-refractivity contribution in [3.8, 4) is 34.2 Å². The molecule has 3 aliphatic rings. The number of carbonyl (C=O) groups is 2. The number of rotatable bonds is 4. The number of nitrogens with zero attached hydrogens (tertiary/aromatic N) is 6. The molecule has 2 aromatic carbocycles. The van der Waals surface area contributed by atoms with E-state index in [2.05, 4.69) is 46.5 Å². The number of pyridine rings is 2. The molecule has 13 nitrogen and oxygen atoms in total. The normalized spacial score (nSPS) is 12.8. The van der Waals surface area contributed by atoms with Crippen LogP contribution in [0.5, 0.6) is 0 Å². The third-order valence-electron chi connectivity index (χ3n) is 8.48. The van der Waals surface area contributed by atoms with Crippen molar-refractivity contribution in [2.45, 2.75) is 25.7 Å². The van der Waals surface area contributed by atoms with Gasteiger partial charge in [-0.3, -0.25) is 18.7 Å². The van der Waals surface area contributed by atoms with Crippen LogP contribution in [-0.2, 0) is 36.6 Å². The fourth-order valence-corrected chi connectivity index (χ4v) is 6.56. The van der Waals surface area contributed by atoms with Crippen LogP contribution in [0.3, 0.4) is 0 Å². The van der Waals surface area contributed by atoms with Crippen LogP contribution >= 0.6 is 15.9 Å². The van der Waals surface area contributed by atoms with Gasteiger partial charge in [-0.2, -0.15) is 0 Å². The first-order valence-corrected chi connectivity index (χ1v) is 17.4. The van der Waals surface area contributed by atoms with Gasteiger partial charge in [0.05, 0.1) is 61.2 Å². The molecule has 0 amide bonds. The van der Waals surface area contributed by atoms with Gasteiger partial charge in [0.15, 0.2) is 11.6 Å². The van der Waals surface area contributed by atoms with Crippen LogP contribution in [0.2, 0.25) is 0 Å². The molecular weight excluding hydrogens is 728 g/mol. The second-order valence-electron chi connectivity index (χ2n) is 11.8. The molecule has 0 bridgehead atoms. The SMILES string of the molecule is C1CCOC1.COC(=O)Cc1cn2c(n1)-c1ccccc1Nc1ncccc1-2.COC(=O)Cc1nc2n(c1Br)-c1cccnc1Nc1ccccc1-2. The topological polar surface area (TPSA) is 147 Å². The number of fused-ring (bicyclic) bond motifs is 10. The predicted molar refractivity (Wildman–Crippen MR) is 199 cm³/mol. The standard InChI is InChI=1S/C17H13BrN4O2.C17H14N4O2.C4H8O/c1-24-14(23)9-12-15(18)22-13-7-4-8-19-16(13)20-11-6-3-2-5-10(11)17(22)21-12;1-23-15(22)9-11-10-21-14-7-4-8-18-16(14)20-13-6-3-2-5-12(13)17(21)19-11;1-2-4-5-3-1/h2-8H,9H2,1H3,(H,19,20);2-8,10H,9H2,1H3,(H,18,20);1-4H2. The summed E-state index contributed by atoms with van der Waals surface area (Å²) in [5, 5.41) is 6.69. The monoisotopic (exact) mass is 762 g/mol. The summed E-state index contributed by atoms with van der Waals surface area (Å²) in [5.41, 5.74) is 6.79. The van der Waals surface area contributed by atoms with E-state index < -0.39 is 0 Å². The van der Waals surface area contributed by atoms with Crippen molar-refractivity contribution in [3.05, 3.63) is 107 Å². The van der Waals surface area contributed by atoms with Crippen molar-refractivity contribution in [1.82, 2.24) is 29.1 Å². The van der Waals surface area contributed by atoms with Crippen molar-refractivity contribution in [2.24, 2.45) is 0 Å². The van der Waals surface area contributed by atoms with Crippen LogP contribution in [0.15, 0.2) is 96.0 Å². The maximum atomic E-state index is 11.7. The molecule has 9 rings (SSSR count). The van der Waals surface area contributed by atoms with Gasteiger partial charge in [0.2, 0.25) is 0 Å². The molecule has 52 heavy (non-hydrogen) atoms. The zero-order valence-corrected chi connectivity index (χ0v) is 30.1. The van der Waals surface area contributed by atoms with Crippen molar-refractivity contribution >= 4 is 50.9 Å². The minimum Gasteiger partial charge on any atom is -0.469 e. The quantitative estimate of drug-likeness (QED) is 0.179. The summed E-state index contributed by atoms with van der Waals surface area (Å²) in [6, 6.07) is 23.4. The van der Waals surface area contributed by atoms with Crippen LogP contribution in [0, 0.1) is 0 Å². The average Bonchev–Trinajstić information content (AvgIpc) is 3.92. The Hall–Kier alpha value is -5.86. The molecule has 3 aliphatic heterocycles. The number of nitrogens with one attached hydrogen (secondary N) is 2. The van der Waals surface area contributed by atoms with Gasteiger partial charge in [0.25, 0.3) is 0 Å². The highest BCUT2D eigenvalue weighted by Crippen LogP contribution is 2.40. The number of anilines is 4. The smallest absolute Gasteiger partial charge is 0.311 e. The Bertz CT molecular complexity index is 2180. The van der Waals surface area contributed by atoms with Crippen LogP contribution in [0.4, 0.5) is 23.0 Å². The fourth-order valence-electron chi connectivity index (χ4n) is 5.98. The van der Waals surface area contributed by atoms with Crippen molar-refractivity contribution in [1.29, 1.82) is 0 Å². The van der Waals surface area contributed by atoms with E-state index in [1.807, 2.05) is 88.1 Å². The molecule has 7 heterocycles. The Balaban J connectivity index is 0.000000143. The minimum absolute atomic E-state index is 0.0995. The van der Waals surface area contributed by atoms with E-state index in [0.29, 0.717) is 11.4 Å². The molecule has 264 valence electrons. The van der Waals surface area contributed by atoms with Gasteiger partial charge in [-0.15, -0.1) is 0 Å². The number of para-hydroxylation sites is 2. The van der Waals surface area contributed by atoms with Gasteiger partial charge >= 0.3 is 11.9 Å². The average molecular weight is 764 g/mol. The number of carbonyl (C=O) groups excluding carboxylic acids is 2. The van der Waals surface area contributed by atoms with E-state index in [0.717, 1.165) is 75.0 Å². The third-order valence-corrected chi connectivity index (χ3v) is 9.29. The molecule has 0 radical (unpaired) electrons. The van der Waals surface area contributed by atoms with Gasteiger partial charge in [0.1, 0.15) is 16.3 Å². The molecular formula is C38H35BrN8O5. The molecule has 0 unspecified atom stereocenters. The summed E-state index contributed by atoms with van der Waals surface area (Å²) in [4.78, 5) is 41.4. The van der Waals surface area contributed by atoms with E-state index in [9.17, 15) is 9.59 Å². The summed E-state index contributed by atoms with van der Waals surface area (Å²) < 4.78 is 19.1. The Morgan fingerprint density at radius 2 is 1.33 bits per heavy atom. The number of imidazole rings is 2. The second kappa shape index (κ2) is 15.6. The van der Waals surface area contributed by atoms with E-state index in [-0.39, 0.29) is 24.8 Å². The van der Waals surface area contributed by atoms with E-state index in [1.54, 1.807) is 12.4 Å². The maximum absolute atomic E-state index is 11.7. The minimum atomic E-state index is -0.332. The number of aromatic nitrogens is 6. The number of hydrogen-bond acceptors (Lipinski definition) is 11. The molecule has 1 saturated heterocycles. The van der Waals surface area contributed by atoms with Gasteiger partial charge in [0, 0.05) is 42.9 Å². The van der Waals surface area contributed by atoms with E-state index in [1.165, 1.54) is 27.1 Å². The lowest BCUT2D eigenvalue weighted by molar-refractivity contribution is -0.140. The largest absolute Gasteiger partial charge is 0.469 e. The number of ether oxygens (including phenoxy) is 3. The molecule has 0 aliphatic carbocycles. The summed E-state index contributed by atoms with van der Waals surface area (Å²) >= 11 is 3.59. The maximum Gasteiger partial charge on any atom is 0.311 e. The molecule has 2 N–H and O–H groups in total. The van der Waals surface area contributed by atoms with Crippen LogP contribution < -0.4 is 10.6 Å². The van der Waals surface area contributed by atoms with Crippen molar-refractivity contribution in [3.63, 3.8) is 0 Å². The number of hydrogen-bond donors (Lipinski definition) is 2. The number of halogens is 1. The summed E-state index contributed by atoms with van der Waals surface area (Å²) in [5.74, 6) is 2.36. The molecule has 0 saturated carbocycles. The number of methoxy groups -OCH3 is 2. The molecule has 6 aromatic rings. The Morgan fingerprint density at radius 3 is 1.94 bits per heavy atom. The van der Waals surface area contributed by atoms with Crippen molar-refractivity contribution < 1.29 is 23.8 Å². The van der Waals surface area contributed by atoms with Gasteiger partial charge < -0.3 is 24.8 Å². The predicted octanol–water partition coefficient (Wildman–Crippen LogP) is 6.97. The van der Waals surface area contributed by atoms with Gasteiger partial charge in [-0.05, 0) is 77.3 Å². The second-order valence-corrected chi connectivity index (χ2v) is 12.6. The Morgan fingerprint density at radius 1 is 0.750 bits per heavy atom. The van der Waals surface area contributed by atoms with Crippen LogP contribution in [-0.4, -0.2) is 68.4 Å². The highest BCUT2D eigenvalue weighted by atomic mass is 79.9. The molecule has 1 fully saturated rings. The van der Waals surface area contributed by atoms with Gasteiger partial charge in [-0.1, -0.05) is 24.3 Å². The van der Waals surface area contributed by atoms with E-state index >= 15 is 0 Å². The highest BCUT2D eigenvalue weighted by Gasteiger charge is 2.26. The van der Waals surface area contributed by atoms with Gasteiger partial charge in [-0.25, -0.2) is 19.9 Å². The molecule has 0 spiro atoms.